The van der Waals surface area contributed by atoms with Gasteiger partial charge in [-0.3, -0.25) is 4.79 Å². The molecule has 1 N–H and O–H groups in total. The lowest BCUT2D eigenvalue weighted by molar-refractivity contribution is 0.0947. The molecule has 27 heavy (non-hydrogen) atoms. The van der Waals surface area contributed by atoms with Crippen molar-refractivity contribution < 1.29 is 22.7 Å². The second-order valence-electron chi connectivity index (χ2n) is 6.05. The number of amides is 1. The number of aryl methyl sites for hydroxylation is 1. The molecule has 8 heteroatoms. The summed E-state index contributed by atoms with van der Waals surface area (Å²) in [7, 11) is 0.890. The Morgan fingerprint density at radius 3 is 2.30 bits per heavy atom. The third-order valence-electron chi connectivity index (χ3n) is 3.92. The molecule has 0 spiro atoms. The van der Waals surface area contributed by atoms with Crippen LogP contribution < -0.4 is 14.8 Å². The molecule has 0 aliphatic carbocycles. The Balaban J connectivity index is 1.96. The molecule has 2 aromatic rings. The van der Waals surface area contributed by atoms with Crippen LogP contribution in [0, 0.1) is 6.92 Å². The van der Waals surface area contributed by atoms with Crippen molar-refractivity contribution in [3.63, 3.8) is 0 Å². The summed E-state index contributed by atoms with van der Waals surface area (Å²) in [4.78, 5) is 12.4. The van der Waals surface area contributed by atoms with Crippen LogP contribution in [0.2, 0.25) is 0 Å². The van der Waals surface area contributed by atoms with Gasteiger partial charge in [-0.25, -0.2) is 12.7 Å². The topological polar surface area (TPSA) is 84.9 Å². The summed E-state index contributed by atoms with van der Waals surface area (Å²) in [5, 5.41) is 2.72. The number of rotatable bonds is 8. The quantitative estimate of drug-likeness (QED) is 0.695. The van der Waals surface area contributed by atoms with E-state index in [1.165, 1.54) is 20.2 Å². The Morgan fingerprint density at radius 2 is 1.70 bits per heavy atom. The second-order valence-corrected chi connectivity index (χ2v) is 8.17. The van der Waals surface area contributed by atoms with E-state index in [0.717, 1.165) is 10.1 Å². The number of ether oxygens (including phenoxy) is 2. The molecule has 0 saturated carbocycles. The predicted octanol–water partition coefficient (Wildman–Crippen LogP) is 2.06. The van der Waals surface area contributed by atoms with E-state index in [1.807, 2.05) is 0 Å². The van der Waals surface area contributed by atoms with Crippen molar-refractivity contribution in [1.82, 2.24) is 9.62 Å². The minimum absolute atomic E-state index is 0.120. The van der Waals surface area contributed by atoms with E-state index in [4.69, 9.17) is 9.47 Å². The van der Waals surface area contributed by atoms with E-state index >= 15 is 0 Å². The number of methoxy groups -OCH3 is 1. The summed E-state index contributed by atoms with van der Waals surface area (Å²) < 4.78 is 36.5. The van der Waals surface area contributed by atoms with Crippen LogP contribution in [0.4, 0.5) is 0 Å². The summed E-state index contributed by atoms with van der Waals surface area (Å²) in [6.45, 7) is 2.27. The van der Waals surface area contributed by atoms with Crippen LogP contribution in [-0.2, 0) is 10.0 Å². The fourth-order valence-corrected chi connectivity index (χ4v) is 3.47. The Hall–Kier alpha value is -2.58. The average Bonchev–Trinajstić information content (AvgIpc) is 2.65. The Bertz CT molecular complexity index is 893. The molecule has 2 rings (SSSR count). The SMILES string of the molecule is COc1ccc(OCCNC(=O)c2ccc(C)c(S(=O)(=O)N(C)C)c2)cc1. The smallest absolute Gasteiger partial charge is 0.251 e. The number of sulfonamides is 1. The lowest BCUT2D eigenvalue weighted by Gasteiger charge is -2.15. The van der Waals surface area contributed by atoms with E-state index < -0.39 is 10.0 Å². The van der Waals surface area contributed by atoms with E-state index in [-0.39, 0.29) is 29.5 Å². The van der Waals surface area contributed by atoms with Crippen molar-refractivity contribution in [2.75, 3.05) is 34.4 Å². The maximum Gasteiger partial charge on any atom is 0.251 e. The van der Waals surface area contributed by atoms with Gasteiger partial charge < -0.3 is 14.8 Å². The van der Waals surface area contributed by atoms with Crippen molar-refractivity contribution in [2.45, 2.75) is 11.8 Å². The van der Waals surface area contributed by atoms with Gasteiger partial charge >= 0.3 is 0 Å². The van der Waals surface area contributed by atoms with Gasteiger partial charge in [0.05, 0.1) is 18.6 Å². The predicted molar refractivity (Wildman–Crippen MR) is 103 cm³/mol. The van der Waals surface area contributed by atoms with Crippen molar-refractivity contribution in [3.8, 4) is 11.5 Å². The Kier molecular flexibility index (Phi) is 6.81. The molecule has 0 saturated heterocycles. The van der Waals surface area contributed by atoms with Crippen molar-refractivity contribution in [2.24, 2.45) is 0 Å². The number of nitrogens with one attached hydrogen (secondary N) is 1. The molecule has 0 bridgehead atoms. The van der Waals surface area contributed by atoms with E-state index in [2.05, 4.69) is 5.32 Å². The van der Waals surface area contributed by atoms with Crippen LogP contribution in [-0.4, -0.2) is 53.0 Å². The zero-order chi connectivity index (χ0) is 20.0. The number of carbonyl (C=O) groups excluding carboxylic acids is 1. The number of hydrogen-bond acceptors (Lipinski definition) is 5. The van der Waals surface area contributed by atoms with Crippen molar-refractivity contribution in [3.05, 3.63) is 53.6 Å². The average molecular weight is 392 g/mol. The third kappa shape index (κ3) is 5.21. The normalized spacial score (nSPS) is 11.3. The van der Waals surface area contributed by atoms with Gasteiger partial charge in [0, 0.05) is 19.7 Å². The highest BCUT2D eigenvalue weighted by Gasteiger charge is 2.21. The third-order valence-corrected chi connectivity index (χ3v) is 5.88. The molecule has 0 atom stereocenters. The number of benzene rings is 2. The van der Waals surface area contributed by atoms with Gasteiger partial charge in [0.2, 0.25) is 10.0 Å². The van der Waals surface area contributed by atoms with Gasteiger partial charge in [0.25, 0.3) is 5.91 Å². The van der Waals surface area contributed by atoms with Gasteiger partial charge in [-0.1, -0.05) is 6.07 Å². The lowest BCUT2D eigenvalue weighted by Crippen LogP contribution is -2.29. The molecule has 0 aliphatic rings. The fraction of sp³-hybridized carbons (Fsp3) is 0.316. The monoisotopic (exact) mass is 392 g/mol. The molecule has 0 unspecified atom stereocenters. The second kappa shape index (κ2) is 8.88. The van der Waals surface area contributed by atoms with Gasteiger partial charge in [-0.15, -0.1) is 0 Å². The first-order valence-corrected chi connectivity index (χ1v) is 9.78. The molecular formula is C19H24N2O5S. The van der Waals surface area contributed by atoms with Crippen LogP contribution >= 0.6 is 0 Å². The summed E-state index contributed by atoms with van der Waals surface area (Å²) in [5.41, 5.74) is 0.869. The van der Waals surface area contributed by atoms with Crippen LogP contribution in [0.15, 0.2) is 47.4 Å². The van der Waals surface area contributed by atoms with Crippen molar-refractivity contribution in [1.29, 1.82) is 0 Å². The maximum absolute atomic E-state index is 12.4. The van der Waals surface area contributed by atoms with Gasteiger partial charge in [0.1, 0.15) is 18.1 Å². The molecule has 0 aliphatic heterocycles. The number of carbonyl (C=O) groups is 1. The van der Waals surface area contributed by atoms with Crippen LogP contribution in [0.3, 0.4) is 0 Å². The first kappa shape index (κ1) is 20.7. The largest absolute Gasteiger partial charge is 0.497 e. The zero-order valence-corrected chi connectivity index (χ0v) is 16.7. The Morgan fingerprint density at radius 1 is 1.07 bits per heavy atom. The van der Waals surface area contributed by atoms with E-state index in [1.54, 1.807) is 50.4 Å². The molecule has 0 aromatic heterocycles. The van der Waals surface area contributed by atoms with Crippen LogP contribution in [0.1, 0.15) is 15.9 Å². The minimum Gasteiger partial charge on any atom is -0.497 e. The number of nitrogens with zero attached hydrogens (tertiary/aromatic N) is 1. The highest BCUT2D eigenvalue weighted by Crippen LogP contribution is 2.20. The molecule has 146 valence electrons. The lowest BCUT2D eigenvalue weighted by atomic mass is 10.1. The first-order valence-electron chi connectivity index (χ1n) is 8.34. The zero-order valence-electron chi connectivity index (χ0n) is 15.9. The molecule has 0 radical (unpaired) electrons. The molecule has 2 aromatic carbocycles. The summed E-state index contributed by atoms with van der Waals surface area (Å²) in [5.74, 6) is 1.04. The van der Waals surface area contributed by atoms with Gasteiger partial charge in [-0.2, -0.15) is 0 Å². The summed E-state index contributed by atoms with van der Waals surface area (Å²) in [6.07, 6.45) is 0. The van der Waals surface area contributed by atoms with Crippen LogP contribution in [0.5, 0.6) is 11.5 Å². The van der Waals surface area contributed by atoms with E-state index in [0.29, 0.717) is 11.3 Å². The highest BCUT2D eigenvalue weighted by atomic mass is 32.2. The highest BCUT2D eigenvalue weighted by molar-refractivity contribution is 7.89. The molecule has 7 nitrogen and oxygen atoms in total. The molecular weight excluding hydrogens is 368 g/mol. The summed E-state index contributed by atoms with van der Waals surface area (Å²) in [6, 6.07) is 11.7. The first-order chi connectivity index (χ1) is 12.8. The van der Waals surface area contributed by atoms with Crippen LogP contribution in [0.25, 0.3) is 0 Å². The maximum atomic E-state index is 12.4. The van der Waals surface area contributed by atoms with E-state index in [9.17, 15) is 13.2 Å². The van der Waals surface area contributed by atoms with Gasteiger partial charge in [-0.05, 0) is 48.9 Å². The molecule has 0 fully saturated rings. The molecule has 1 amide bonds. The fourth-order valence-electron chi connectivity index (χ4n) is 2.32. The standard InChI is InChI=1S/C19H24N2O5S/c1-14-5-6-15(13-18(14)27(23,24)21(2)3)19(22)20-11-12-26-17-9-7-16(25-4)8-10-17/h5-10,13H,11-12H2,1-4H3,(H,20,22). The Labute approximate surface area is 160 Å². The van der Waals surface area contributed by atoms with Gasteiger partial charge in [0.15, 0.2) is 0 Å². The molecule has 0 heterocycles. The van der Waals surface area contributed by atoms with Crippen molar-refractivity contribution >= 4 is 15.9 Å². The minimum atomic E-state index is -3.61. The summed E-state index contributed by atoms with van der Waals surface area (Å²) >= 11 is 0. The number of hydrogen-bond donors (Lipinski definition) is 1.